The van der Waals surface area contributed by atoms with Gasteiger partial charge in [0, 0.05) is 25.2 Å². The quantitative estimate of drug-likeness (QED) is 0.284. The van der Waals surface area contributed by atoms with Crippen LogP contribution in [0.25, 0.3) is 6.08 Å². The van der Waals surface area contributed by atoms with Crippen LogP contribution in [0.5, 0.6) is 5.75 Å². The molecule has 7 nitrogen and oxygen atoms in total. The molecule has 3 rings (SSSR count). The van der Waals surface area contributed by atoms with Crippen molar-refractivity contribution >= 4 is 57.8 Å². The molecule has 0 N–H and O–H groups in total. The Hall–Kier alpha value is -2.55. The minimum absolute atomic E-state index is 0.00492. The fourth-order valence-corrected chi connectivity index (χ4v) is 4.58. The molecule has 0 aromatic heterocycles. The van der Waals surface area contributed by atoms with Crippen LogP contribution in [0.15, 0.2) is 46.3 Å². The van der Waals surface area contributed by atoms with Gasteiger partial charge >= 0.3 is 0 Å². The number of benzene rings is 2. The second-order valence-corrected chi connectivity index (χ2v) is 8.27. The highest BCUT2D eigenvalue weighted by atomic mass is 35.5. The predicted octanol–water partition coefficient (Wildman–Crippen LogP) is 5.79. The van der Waals surface area contributed by atoms with E-state index in [1.807, 2.05) is 13.8 Å². The van der Waals surface area contributed by atoms with E-state index in [2.05, 4.69) is 4.99 Å². The van der Waals surface area contributed by atoms with E-state index in [0.29, 0.717) is 44.5 Å². The SMILES string of the molecule is CCN=C1S/C(=C\c2cc(Cl)c(OCc3ccc([N+](=O)[O-])cc3)c(Cl)c2)C(=O)N1CC. The number of halogens is 2. The van der Waals surface area contributed by atoms with E-state index in [1.165, 1.54) is 23.9 Å². The van der Waals surface area contributed by atoms with Crippen LogP contribution in [0, 0.1) is 10.1 Å². The molecule has 1 aliphatic heterocycles. The normalized spacial score (nSPS) is 16.4. The summed E-state index contributed by atoms with van der Waals surface area (Å²) in [5.74, 6) is 0.197. The van der Waals surface area contributed by atoms with Gasteiger partial charge in [0.05, 0.1) is 19.9 Å². The number of nitro groups is 1. The fraction of sp³-hybridized carbons (Fsp3) is 0.238. The Morgan fingerprint density at radius 1 is 1.19 bits per heavy atom. The number of likely N-dealkylation sites (N-methyl/N-ethyl adjacent to an activating group) is 1. The standard InChI is InChI=1S/C21H19Cl2N3O4S/c1-3-24-21-25(4-2)20(27)18(31-21)11-14-9-16(22)19(17(23)10-14)30-12-13-5-7-15(8-6-13)26(28)29/h5-11H,3-4,12H2,1-2H3/b18-11-,24-21?. The van der Waals surface area contributed by atoms with Gasteiger partial charge in [-0.15, -0.1) is 0 Å². The van der Waals surface area contributed by atoms with Crippen molar-refractivity contribution in [3.8, 4) is 5.75 Å². The van der Waals surface area contributed by atoms with Crippen LogP contribution >= 0.6 is 35.0 Å². The van der Waals surface area contributed by atoms with Crippen LogP contribution in [0.1, 0.15) is 25.0 Å². The first-order valence-corrected chi connectivity index (χ1v) is 11.0. The molecule has 2 aromatic carbocycles. The van der Waals surface area contributed by atoms with Crippen molar-refractivity contribution in [2.45, 2.75) is 20.5 Å². The number of thioether (sulfide) groups is 1. The molecule has 1 saturated heterocycles. The molecular formula is C21H19Cl2N3O4S. The second kappa shape index (κ2) is 10.2. The Labute approximate surface area is 193 Å². The van der Waals surface area contributed by atoms with E-state index in [4.69, 9.17) is 27.9 Å². The van der Waals surface area contributed by atoms with Crippen molar-refractivity contribution in [2.24, 2.45) is 4.99 Å². The Balaban J connectivity index is 1.77. The van der Waals surface area contributed by atoms with Gasteiger partial charge in [-0.25, -0.2) is 0 Å². The number of hydrogen-bond acceptors (Lipinski definition) is 6. The third-order valence-electron chi connectivity index (χ3n) is 4.35. The number of aliphatic imine (C=N–C) groups is 1. The molecule has 1 fully saturated rings. The van der Waals surface area contributed by atoms with Gasteiger partial charge in [-0.05, 0) is 67.1 Å². The maximum Gasteiger partial charge on any atom is 0.269 e. The van der Waals surface area contributed by atoms with Crippen LogP contribution in [0.4, 0.5) is 5.69 Å². The van der Waals surface area contributed by atoms with Crippen LogP contribution in [0.3, 0.4) is 0 Å². The average Bonchev–Trinajstić information content (AvgIpc) is 3.02. The molecule has 1 heterocycles. The Morgan fingerprint density at radius 3 is 2.39 bits per heavy atom. The summed E-state index contributed by atoms with van der Waals surface area (Å²) in [6, 6.07) is 9.37. The topological polar surface area (TPSA) is 85.0 Å². The number of nitro benzene ring substituents is 1. The van der Waals surface area contributed by atoms with Crippen LogP contribution < -0.4 is 4.74 Å². The predicted molar refractivity (Wildman–Crippen MR) is 125 cm³/mol. The zero-order chi connectivity index (χ0) is 22.5. The first-order valence-electron chi connectivity index (χ1n) is 9.45. The summed E-state index contributed by atoms with van der Waals surface area (Å²) in [6.45, 7) is 5.10. The highest BCUT2D eigenvalue weighted by molar-refractivity contribution is 8.18. The number of non-ortho nitro benzene ring substituents is 1. The maximum absolute atomic E-state index is 12.6. The number of amidine groups is 1. The van der Waals surface area contributed by atoms with E-state index >= 15 is 0 Å². The molecule has 1 amide bonds. The molecule has 0 unspecified atom stereocenters. The van der Waals surface area contributed by atoms with Crippen molar-refractivity contribution in [3.63, 3.8) is 0 Å². The van der Waals surface area contributed by atoms with E-state index in [-0.39, 0.29) is 18.2 Å². The molecule has 162 valence electrons. The summed E-state index contributed by atoms with van der Waals surface area (Å²) >= 11 is 14.1. The van der Waals surface area contributed by atoms with Gasteiger partial charge in [0.25, 0.3) is 11.6 Å². The van der Waals surface area contributed by atoms with Crippen molar-refractivity contribution in [1.82, 2.24) is 4.90 Å². The molecule has 1 aliphatic rings. The number of hydrogen-bond donors (Lipinski definition) is 0. The first kappa shape index (κ1) is 23.1. The summed E-state index contributed by atoms with van der Waals surface area (Å²) in [4.78, 5) is 29.4. The van der Waals surface area contributed by atoms with Crippen LogP contribution in [-0.4, -0.2) is 34.0 Å². The van der Waals surface area contributed by atoms with Gasteiger partial charge < -0.3 is 4.74 Å². The third kappa shape index (κ3) is 5.39. The minimum atomic E-state index is -0.463. The monoisotopic (exact) mass is 479 g/mol. The van der Waals surface area contributed by atoms with Crippen molar-refractivity contribution in [1.29, 1.82) is 0 Å². The smallest absolute Gasteiger partial charge is 0.269 e. The van der Waals surface area contributed by atoms with Crippen LogP contribution in [0.2, 0.25) is 10.0 Å². The number of amides is 1. The molecule has 0 radical (unpaired) electrons. The van der Waals surface area contributed by atoms with E-state index in [0.717, 1.165) is 5.56 Å². The highest BCUT2D eigenvalue weighted by Crippen LogP contribution is 2.37. The van der Waals surface area contributed by atoms with E-state index < -0.39 is 4.92 Å². The lowest BCUT2D eigenvalue weighted by molar-refractivity contribution is -0.384. The maximum atomic E-state index is 12.6. The molecule has 31 heavy (non-hydrogen) atoms. The molecule has 0 saturated carbocycles. The van der Waals surface area contributed by atoms with Gasteiger partial charge in [-0.3, -0.25) is 24.8 Å². The number of ether oxygens (including phenoxy) is 1. The molecule has 0 bridgehead atoms. The zero-order valence-corrected chi connectivity index (χ0v) is 19.1. The number of carbonyl (C=O) groups is 1. The molecule has 0 aliphatic carbocycles. The molecule has 10 heteroatoms. The lowest BCUT2D eigenvalue weighted by Gasteiger charge is -2.12. The van der Waals surface area contributed by atoms with Gasteiger partial charge in [0.2, 0.25) is 0 Å². The number of carbonyl (C=O) groups excluding carboxylic acids is 1. The van der Waals surface area contributed by atoms with Crippen molar-refractivity contribution < 1.29 is 14.5 Å². The summed E-state index contributed by atoms with van der Waals surface area (Å²) in [6.07, 6.45) is 1.73. The number of nitrogens with zero attached hydrogens (tertiary/aromatic N) is 3. The first-order chi connectivity index (χ1) is 14.8. The Kier molecular flexibility index (Phi) is 7.59. The van der Waals surface area contributed by atoms with Crippen molar-refractivity contribution in [3.05, 3.63) is 72.6 Å². The van der Waals surface area contributed by atoms with Gasteiger partial charge in [0.15, 0.2) is 10.9 Å². The summed E-state index contributed by atoms with van der Waals surface area (Å²) in [7, 11) is 0. The van der Waals surface area contributed by atoms with Gasteiger partial charge in [-0.1, -0.05) is 23.2 Å². The average molecular weight is 480 g/mol. The fourth-order valence-electron chi connectivity index (χ4n) is 2.86. The van der Waals surface area contributed by atoms with E-state index in [1.54, 1.807) is 35.2 Å². The molecule has 2 aromatic rings. The molecule has 0 atom stereocenters. The third-order valence-corrected chi connectivity index (χ3v) is 5.95. The highest BCUT2D eigenvalue weighted by Gasteiger charge is 2.31. The molecule has 0 spiro atoms. The molecular weight excluding hydrogens is 461 g/mol. The van der Waals surface area contributed by atoms with Gasteiger partial charge in [0.1, 0.15) is 6.61 Å². The minimum Gasteiger partial charge on any atom is -0.486 e. The summed E-state index contributed by atoms with van der Waals surface area (Å²) in [5, 5.41) is 12.0. The zero-order valence-electron chi connectivity index (χ0n) is 16.8. The lowest BCUT2D eigenvalue weighted by atomic mass is 10.2. The lowest BCUT2D eigenvalue weighted by Crippen LogP contribution is -2.28. The summed E-state index contributed by atoms with van der Waals surface area (Å²) < 4.78 is 5.73. The van der Waals surface area contributed by atoms with Gasteiger partial charge in [-0.2, -0.15) is 0 Å². The number of rotatable bonds is 7. The van der Waals surface area contributed by atoms with Crippen molar-refractivity contribution in [2.75, 3.05) is 13.1 Å². The van der Waals surface area contributed by atoms with E-state index in [9.17, 15) is 14.9 Å². The Morgan fingerprint density at radius 2 is 1.84 bits per heavy atom. The second-order valence-electron chi connectivity index (χ2n) is 6.44. The largest absolute Gasteiger partial charge is 0.486 e. The Bertz CT molecular complexity index is 1050. The van der Waals surface area contributed by atoms with Crippen LogP contribution in [-0.2, 0) is 11.4 Å². The summed E-state index contributed by atoms with van der Waals surface area (Å²) in [5.41, 5.74) is 1.41.